The highest BCUT2D eigenvalue weighted by Gasteiger charge is 2.15. The first kappa shape index (κ1) is 15.4. The van der Waals surface area contributed by atoms with Crippen LogP contribution in [0.25, 0.3) is 0 Å². The van der Waals surface area contributed by atoms with Crippen LogP contribution >= 0.6 is 0 Å². The molecule has 1 rings (SSSR count). The standard InChI is InChI=1S/C13H14FN3O3/c1-2-17(7-3-6-15)13(20)16-11-8-9(12(18)19)4-5-10(11)14/h4-5,8H,2-3,7H2,1H3,(H,16,20)(H,18,19). The van der Waals surface area contributed by atoms with Gasteiger partial charge in [-0.25, -0.2) is 14.0 Å². The van der Waals surface area contributed by atoms with E-state index in [0.29, 0.717) is 6.54 Å². The van der Waals surface area contributed by atoms with Gasteiger partial charge in [0.2, 0.25) is 0 Å². The molecule has 0 heterocycles. The predicted octanol–water partition coefficient (Wildman–Crippen LogP) is 2.29. The molecule has 6 nitrogen and oxygen atoms in total. The van der Waals surface area contributed by atoms with Crippen molar-refractivity contribution in [1.82, 2.24) is 4.90 Å². The fraction of sp³-hybridized carbons (Fsp3) is 0.308. The number of carboxylic acid groups (broad SMARTS) is 1. The number of aromatic carboxylic acids is 1. The fourth-order valence-corrected chi connectivity index (χ4v) is 1.54. The lowest BCUT2D eigenvalue weighted by Gasteiger charge is -2.20. The van der Waals surface area contributed by atoms with Crippen LogP contribution in [0, 0.1) is 17.1 Å². The Bertz CT molecular complexity index is 554. The smallest absolute Gasteiger partial charge is 0.335 e. The number of nitriles is 1. The van der Waals surface area contributed by atoms with Crippen molar-refractivity contribution in [1.29, 1.82) is 5.26 Å². The number of carbonyl (C=O) groups is 2. The summed E-state index contributed by atoms with van der Waals surface area (Å²) in [5.41, 5.74) is -0.327. The zero-order valence-electron chi connectivity index (χ0n) is 10.9. The van der Waals surface area contributed by atoms with Crippen molar-refractivity contribution < 1.29 is 19.1 Å². The molecule has 106 valence electrons. The Balaban J connectivity index is 2.86. The first-order chi connectivity index (χ1) is 9.49. The van der Waals surface area contributed by atoms with Crippen LogP contribution in [0.1, 0.15) is 23.7 Å². The van der Waals surface area contributed by atoms with Crippen LogP contribution in [0.2, 0.25) is 0 Å². The van der Waals surface area contributed by atoms with Crippen molar-refractivity contribution in [3.05, 3.63) is 29.6 Å². The number of hydrogen-bond acceptors (Lipinski definition) is 3. The van der Waals surface area contributed by atoms with E-state index in [1.165, 1.54) is 4.90 Å². The Morgan fingerprint density at radius 2 is 2.20 bits per heavy atom. The summed E-state index contributed by atoms with van der Waals surface area (Å²) in [5.74, 6) is -1.93. The molecule has 2 amide bonds. The highest BCUT2D eigenvalue weighted by Crippen LogP contribution is 2.17. The molecule has 0 saturated heterocycles. The second-order valence-electron chi connectivity index (χ2n) is 3.92. The molecule has 0 saturated carbocycles. The molecule has 0 aliphatic carbocycles. The number of amides is 2. The number of nitrogens with zero attached hydrogens (tertiary/aromatic N) is 2. The second-order valence-corrected chi connectivity index (χ2v) is 3.92. The topological polar surface area (TPSA) is 93.4 Å². The van der Waals surface area contributed by atoms with E-state index in [2.05, 4.69) is 5.32 Å². The molecule has 0 aromatic heterocycles. The van der Waals surface area contributed by atoms with Gasteiger partial charge in [-0.1, -0.05) is 0 Å². The van der Waals surface area contributed by atoms with Gasteiger partial charge in [0.25, 0.3) is 0 Å². The maximum atomic E-state index is 13.5. The first-order valence-corrected chi connectivity index (χ1v) is 5.95. The molecule has 0 unspecified atom stereocenters. The molecule has 1 aromatic carbocycles. The number of nitrogens with one attached hydrogen (secondary N) is 1. The second kappa shape index (κ2) is 7.09. The number of hydrogen-bond donors (Lipinski definition) is 2. The first-order valence-electron chi connectivity index (χ1n) is 5.95. The van der Waals surface area contributed by atoms with E-state index in [1.54, 1.807) is 6.92 Å². The molecule has 7 heteroatoms. The average molecular weight is 279 g/mol. The molecule has 0 aliphatic heterocycles. The molecular formula is C13H14FN3O3. The highest BCUT2D eigenvalue weighted by atomic mass is 19.1. The summed E-state index contributed by atoms with van der Waals surface area (Å²) in [7, 11) is 0. The van der Waals surface area contributed by atoms with Gasteiger partial charge in [0, 0.05) is 13.1 Å². The van der Waals surface area contributed by atoms with Crippen LogP contribution in [-0.4, -0.2) is 35.1 Å². The van der Waals surface area contributed by atoms with Crippen molar-refractivity contribution >= 4 is 17.7 Å². The van der Waals surface area contributed by atoms with Gasteiger partial charge in [0.15, 0.2) is 0 Å². The van der Waals surface area contributed by atoms with Crippen LogP contribution < -0.4 is 5.32 Å². The van der Waals surface area contributed by atoms with Gasteiger partial charge in [-0.2, -0.15) is 5.26 Å². The van der Waals surface area contributed by atoms with Gasteiger partial charge in [0.1, 0.15) is 5.82 Å². The zero-order chi connectivity index (χ0) is 15.1. The molecule has 20 heavy (non-hydrogen) atoms. The number of anilines is 1. The van der Waals surface area contributed by atoms with Crippen molar-refractivity contribution in [2.45, 2.75) is 13.3 Å². The fourth-order valence-electron chi connectivity index (χ4n) is 1.54. The lowest BCUT2D eigenvalue weighted by molar-refractivity contribution is 0.0697. The summed E-state index contributed by atoms with van der Waals surface area (Å²) in [6.07, 6.45) is 0.166. The van der Waals surface area contributed by atoms with Crippen LogP contribution in [0.15, 0.2) is 18.2 Å². The minimum Gasteiger partial charge on any atom is -0.478 e. The van der Waals surface area contributed by atoms with Gasteiger partial charge in [-0.15, -0.1) is 0 Å². The van der Waals surface area contributed by atoms with E-state index in [0.717, 1.165) is 18.2 Å². The van der Waals surface area contributed by atoms with Crippen molar-refractivity contribution in [2.75, 3.05) is 18.4 Å². The summed E-state index contributed by atoms with van der Waals surface area (Å²) in [5, 5.41) is 19.6. The van der Waals surface area contributed by atoms with Crippen molar-refractivity contribution in [2.24, 2.45) is 0 Å². The molecule has 0 spiro atoms. The number of rotatable bonds is 5. The number of urea groups is 1. The average Bonchev–Trinajstić information content (AvgIpc) is 2.41. The molecule has 0 fully saturated rings. The Morgan fingerprint density at radius 1 is 1.50 bits per heavy atom. The Kier molecular flexibility index (Phi) is 5.47. The largest absolute Gasteiger partial charge is 0.478 e. The van der Waals surface area contributed by atoms with Crippen molar-refractivity contribution in [3.8, 4) is 6.07 Å². The predicted molar refractivity (Wildman–Crippen MR) is 69.9 cm³/mol. The maximum Gasteiger partial charge on any atom is 0.335 e. The third-order valence-electron chi connectivity index (χ3n) is 2.62. The van der Waals surface area contributed by atoms with Crippen molar-refractivity contribution in [3.63, 3.8) is 0 Å². The molecule has 0 radical (unpaired) electrons. The van der Waals surface area contributed by atoms with E-state index >= 15 is 0 Å². The van der Waals surface area contributed by atoms with E-state index in [1.807, 2.05) is 6.07 Å². The molecular weight excluding hydrogens is 265 g/mol. The number of carboxylic acids is 1. The summed E-state index contributed by atoms with van der Waals surface area (Å²) in [6.45, 7) is 2.30. The van der Waals surface area contributed by atoms with E-state index < -0.39 is 17.8 Å². The van der Waals surface area contributed by atoms with E-state index in [-0.39, 0.29) is 24.2 Å². The summed E-state index contributed by atoms with van der Waals surface area (Å²) >= 11 is 0. The quantitative estimate of drug-likeness (QED) is 0.864. The summed E-state index contributed by atoms with van der Waals surface area (Å²) < 4.78 is 13.5. The number of benzene rings is 1. The van der Waals surface area contributed by atoms with Gasteiger partial charge in [0.05, 0.1) is 23.7 Å². The SMILES string of the molecule is CCN(CCC#N)C(=O)Nc1cc(C(=O)O)ccc1F. The Hall–Kier alpha value is -2.62. The normalized spacial score (nSPS) is 9.65. The molecule has 1 aromatic rings. The van der Waals surface area contributed by atoms with Gasteiger partial charge < -0.3 is 15.3 Å². The third-order valence-corrected chi connectivity index (χ3v) is 2.62. The monoisotopic (exact) mass is 279 g/mol. The van der Waals surface area contributed by atoms with Gasteiger partial charge >= 0.3 is 12.0 Å². The molecule has 2 N–H and O–H groups in total. The molecule has 0 bridgehead atoms. The Labute approximate surface area is 115 Å². The molecule has 0 atom stereocenters. The summed E-state index contributed by atoms with van der Waals surface area (Å²) in [4.78, 5) is 24.0. The van der Waals surface area contributed by atoms with Gasteiger partial charge in [-0.05, 0) is 25.1 Å². The highest BCUT2D eigenvalue weighted by molar-refractivity contribution is 5.93. The van der Waals surface area contributed by atoms with E-state index in [4.69, 9.17) is 10.4 Å². The molecule has 0 aliphatic rings. The zero-order valence-corrected chi connectivity index (χ0v) is 10.9. The Morgan fingerprint density at radius 3 is 2.75 bits per heavy atom. The lowest BCUT2D eigenvalue weighted by Crippen LogP contribution is -2.35. The third kappa shape index (κ3) is 3.95. The maximum absolute atomic E-state index is 13.5. The van der Waals surface area contributed by atoms with Gasteiger partial charge in [-0.3, -0.25) is 0 Å². The minimum absolute atomic E-state index is 0.123. The lowest BCUT2D eigenvalue weighted by atomic mass is 10.2. The number of carbonyl (C=O) groups excluding carboxylic acids is 1. The summed E-state index contributed by atoms with van der Waals surface area (Å²) in [6, 6.07) is 4.47. The number of halogens is 1. The van der Waals surface area contributed by atoms with Crippen LogP contribution in [0.3, 0.4) is 0 Å². The van der Waals surface area contributed by atoms with Crippen LogP contribution in [0.5, 0.6) is 0 Å². The van der Waals surface area contributed by atoms with Crippen LogP contribution in [-0.2, 0) is 0 Å². The minimum atomic E-state index is -1.21. The van der Waals surface area contributed by atoms with Crippen LogP contribution in [0.4, 0.5) is 14.9 Å². The van der Waals surface area contributed by atoms with E-state index in [9.17, 15) is 14.0 Å².